The zero-order valence-electron chi connectivity index (χ0n) is 11.0. The number of aryl methyl sites for hydroxylation is 2. The number of pyridine rings is 1. The average molecular weight is 287 g/mol. The SMILES string of the molecule is Cc1nc2nc(C(F)(F)F)c(C(C)O)c(C)c2c(=O)[nH]1. The van der Waals surface area contributed by atoms with Gasteiger partial charge in [0.1, 0.15) is 5.82 Å². The third-order valence-corrected chi connectivity index (χ3v) is 2.96. The predicted molar refractivity (Wildman–Crippen MR) is 65.3 cm³/mol. The van der Waals surface area contributed by atoms with Crippen molar-refractivity contribution >= 4 is 11.0 Å². The molecule has 0 saturated heterocycles. The van der Waals surface area contributed by atoms with E-state index in [1.807, 2.05) is 0 Å². The number of aliphatic hydroxyl groups excluding tert-OH is 1. The minimum absolute atomic E-state index is 0.0334. The average Bonchev–Trinajstić information content (AvgIpc) is 2.25. The van der Waals surface area contributed by atoms with E-state index in [0.717, 1.165) is 0 Å². The Balaban J connectivity index is 3.01. The number of halogens is 3. The highest BCUT2D eigenvalue weighted by Gasteiger charge is 2.38. The van der Waals surface area contributed by atoms with Gasteiger partial charge in [0.2, 0.25) is 0 Å². The normalized spacial score (nSPS) is 13.8. The lowest BCUT2D eigenvalue weighted by Gasteiger charge is -2.17. The van der Waals surface area contributed by atoms with E-state index in [1.54, 1.807) is 0 Å². The van der Waals surface area contributed by atoms with Crippen molar-refractivity contribution in [2.75, 3.05) is 0 Å². The van der Waals surface area contributed by atoms with Crippen LogP contribution in [0.25, 0.3) is 11.0 Å². The van der Waals surface area contributed by atoms with Crippen LogP contribution in [0.15, 0.2) is 4.79 Å². The van der Waals surface area contributed by atoms with Gasteiger partial charge in [-0.15, -0.1) is 0 Å². The van der Waals surface area contributed by atoms with E-state index in [-0.39, 0.29) is 22.4 Å². The van der Waals surface area contributed by atoms with Crippen LogP contribution in [0.1, 0.15) is 35.7 Å². The van der Waals surface area contributed by atoms with Crippen LogP contribution in [0.3, 0.4) is 0 Å². The maximum atomic E-state index is 13.0. The molecule has 1 atom stereocenters. The molecule has 2 aromatic rings. The Kier molecular flexibility index (Phi) is 3.29. The Morgan fingerprint density at radius 3 is 2.35 bits per heavy atom. The first-order valence-electron chi connectivity index (χ1n) is 5.79. The minimum Gasteiger partial charge on any atom is -0.389 e. The Morgan fingerprint density at radius 2 is 1.85 bits per heavy atom. The predicted octanol–water partition coefficient (Wildman–Crippen LogP) is 2.01. The highest BCUT2D eigenvalue weighted by Crippen LogP contribution is 2.36. The standard InChI is InChI=1S/C12H12F3N3O2/c1-4-7(5(2)19)9(12(13,14)15)18-10-8(4)11(20)17-6(3)16-10/h5,19H,1-3H3,(H,16,17,18,20). The zero-order valence-corrected chi connectivity index (χ0v) is 11.0. The van der Waals surface area contributed by atoms with Crippen LogP contribution in [0.5, 0.6) is 0 Å². The third kappa shape index (κ3) is 2.26. The number of hydrogen-bond donors (Lipinski definition) is 2. The number of hydrogen-bond acceptors (Lipinski definition) is 4. The number of rotatable bonds is 1. The Morgan fingerprint density at radius 1 is 1.25 bits per heavy atom. The summed E-state index contributed by atoms with van der Waals surface area (Å²) in [4.78, 5) is 21.5. The molecule has 0 aromatic carbocycles. The fourth-order valence-corrected chi connectivity index (χ4v) is 2.20. The van der Waals surface area contributed by atoms with E-state index in [2.05, 4.69) is 15.0 Å². The molecule has 0 fully saturated rings. The number of alkyl halides is 3. The van der Waals surface area contributed by atoms with Gasteiger partial charge in [-0.3, -0.25) is 4.79 Å². The second-order valence-corrected chi connectivity index (χ2v) is 4.52. The summed E-state index contributed by atoms with van der Waals surface area (Å²) in [5.74, 6) is 0.173. The molecule has 0 spiro atoms. The van der Waals surface area contributed by atoms with Gasteiger partial charge in [0.05, 0.1) is 11.5 Å². The van der Waals surface area contributed by atoms with E-state index in [0.29, 0.717) is 0 Å². The van der Waals surface area contributed by atoms with Crippen molar-refractivity contribution < 1.29 is 18.3 Å². The third-order valence-electron chi connectivity index (χ3n) is 2.96. The van der Waals surface area contributed by atoms with Crippen molar-refractivity contribution in [3.05, 3.63) is 33.0 Å². The van der Waals surface area contributed by atoms with Gasteiger partial charge in [-0.25, -0.2) is 9.97 Å². The van der Waals surface area contributed by atoms with E-state index >= 15 is 0 Å². The van der Waals surface area contributed by atoms with Gasteiger partial charge in [0.25, 0.3) is 5.56 Å². The number of aliphatic hydroxyl groups is 1. The smallest absolute Gasteiger partial charge is 0.389 e. The minimum atomic E-state index is -4.73. The first-order valence-corrected chi connectivity index (χ1v) is 5.79. The van der Waals surface area contributed by atoms with Crippen LogP contribution in [0.2, 0.25) is 0 Å². The van der Waals surface area contributed by atoms with Gasteiger partial charge in [-0.1, -0.05) is 0 Å². The Labute approximate surface area is 111 Å². The lowest BCUT2D eigenvalue weighted by atomic mass is 9.99. The van der Waals surface area contributed by atoms with Crippen LogP contribution in [0.4, 0.5) is 13.2 Å². The summed E-state index contributed by atoms with van der Waals surface area (Å²) in [6, 6.07) is 0. The van der Waals surface area contributed by atoms with Crippen molar-refractivity contribution in [2.24, 2.45) is 0 Å². The van der Waals surface area contributed by atoms with Gasteiger partial charge in [-0.2, -0.15) is 13.2 Å². The van der Waals surface area contributed by atoms with Crippen molar-refractivity contribution in [1.82, 2.24) is 15.0 Å². The first kappa shape index (κ1) is 14.4. The van der Waals surface area contributed by atoms with Crippen LogP contribution < -0.4 is 5.56 Å². The number of nitrogens with one attached hydrogen (secondary N) is 1. The van der Waals surface area contributed by atoms with Crippen LogP contribution in [-0.2, 0) is 6.18 Å². The number of aromatic amines is 1. The maximum Gasteiger partial charge on any atom is 0.433 e. The number of H-pyrrole nitrogens is 1. The summed E-state index contributed by atoms with van der Waals surface area (Å²) in [5, 5.41) is 9.54. The molecule has 108 valence electrons. The number of fused-ring (bicyclic) bond motifs is 1. The number of nitrogens with zero attached hydrogens (tertiary/aromatic N) is 2. The van der Waals surface area contributed by atoms with Crippen LogP contribution in [0, 0.1) is 13.8 Å². The molecular formula is C12H12F3N3O2. The van der Waals surface area contributed by atoms with Gasteiger partial charge >= 0.3 is 6.18 Å². The van der Waals surface area contributed by atoms with Gasteiger partial charge in [0, 0.05) is 5.56 Å². The van der Waals surface area contributed by atoms with Gasteiger partial charge in [-0.05, 0) is 26.3 Å². The first-order chi connectivity index (χ1) is 9.12. The summed E-state index contributed by atoms with van der Waals surface area (Å²) in [7, 11) is 0. The van der Waals surface area contributed by atoms with E-state index < -0.39 is 29.1 Å². The fraction of sp³-hybridized carbons (Fsp3) is 0.417. The maximum absolute atomic E-state index is 13.0. The molecule has 2 N–H and O–H groups in total. The molecule has 2 heterocycles. The monoisotopic (exact) mass is 287 g/mol. The molecule has 0 amide bonds. The fourth-order valence-electron chi connectivity index (χ4n) is 2.20. The van der Waals surface area contributed by atoms with Crippen molar-refractivity contribution in [3.63, 3.8) is 0 Å². The second kappa shape index (κ2) is 4.55. The molecule has 0 aliphatic carbocycles. The van der Waals surface area contributed by atoms with Gasteiger partial charge < -0.3 is 10.1 Å². The summed E-state index contributed by atoms with van der Waals surface area (Å²) < 4.78 is 39.1. The summed E-state index contributed by atoms with van der Waals surface area (Å²) in [5.41, 5.74) is -2.43. The van der Waals surface area contributed by atoms with Gasteiger partial charge in [0.15, 0.2) is 11.3 Å². The summed E-state index contributed by atoms with van der Waals surface area (Å²) >= 11 is 0. The van der Waals surface area contributed by atoms with Crippen LogP contribution >= 0.6 is 0 Å². The quantitative estimate of drug-likeness (QED) is 0.841. The van der Waals surface area contributed by atoms with Crippen molar-refractivity contribution in [1.29, 1.82) is 0 Å². The van der Waals surface area contributed by atoms with Crippen molar-refractivity contribution in [3.8, 4) is 0 Å². The van der Waals surface area contributed by atoms with E-state index in [9.17, 15) is 23.1 Å². The molecule has 0 radical (unpaired) electrons. The van der Waals surface area contributed by atoms with E-state index in [4.69, 9.17) is 0 Å². The Hall–Kier alpha value is -1.96. The number of aromatic nitrogens is 3. The molecule has 0 bridgehead atoms. The molecule has 1 unspecified atom stereocenters. The largest absolute Gasteiger partial charge is 0.433 e. The lowest BCUT2D eigenvalue weighted by molar-refractivity contribution is -0.142. The molecular weight excluding hydrogens is 275 g/mol. The molecule has 2 aromatic heterocycles. The van der Waals surface area contributed by atoms with E-state index in [1.165, 1.54) is 20.8 Å². The molecule has 5 nitrogen and oxygen atoms in total. The molecule has 8 heteroatoms. The molecule has 20 heavy (non-hydrogen) atoms. The topological polar surface area (TPSA) is 78.9 Å². The summed E-state index contributed by atoms with van der Waals surface area (Å²) in [6.07, 6.45) is -6.13. The highest BCUT2D eigenvalue weighted by atomic mass is 19.4. The summed E-state index contributed by atoms with van der Waals surface area (Å²) in [6.45, 7) is 3.99. The Bertz CT molecular complexity index is 735. The molecule has 0 aliphatic rings. The van der Waals surface area contributed by atoms with Crippen LogP contribution in [-0.4, -0.2) is 20.1 Å². The zero-order chi connectivity index (χ0) is 15.2. The molecule has 0 saturated carbocycles. The van der Waals surface area contributed by atoms with Crippen molar-refractivity contribution in [2.45, 2.75) is 33.1 Å². The highest BCUT2D eigenvalue weighted by molar-refractivity contribution is 5.79. The lowest BCUT2D eigenvalue weighted by Crippen LogP contribution is -2.20. The molecule has 2 rings (SSSR count). The molecule has 0 aliphatic heterocycles. The second-order valence-electron chi connectivity index (χ2n) is 4.52.